The third kappa shape index (κ3) is 4.13. The molecule has 0 aromatic heterocycles. The van der Waals surface area contributed by atoms with Crippen LogP contribution in [-0.4, -0.2) is 12.6 Å². The van der Waals surface area contributed by atoms with Gasteiger partial charge in [0.2, 0.25) is 0 Å². The number of benzene rings is 1. The van der Waals surface area contributed by atoms with E-state index in [1.54, 1.807) is 0 Å². The summed E-state index contributed by atoms with van der Waals surface area (Å²) in [5.41, 5.74) is 1.54. The quantitative estimate of drug-likeness (QED) is 0.758. The van der Waals surface area contributed by atoms with Gasteiger partial charge in [0.05, 0.1) is 10.0 Å². The average Bonchev–Trinajstić information content (AvgIpc) is 2.43. The molecule has 0 amide bonds. The summed E-state index contributed by atoms with van der Waals surface area (Å²) < 4.78 is 0. The first-order valence-electron chi connectivity index (χ1n) is 7.69. The largest absolute Gasteiger partial charge is 0.314 e. The first-order chi connectivity index (χ1) is 9.52. The maximum absolute atomic E-state index is 6.38. The zero-order chi connectivity index (χ0) is 14.6. The number of rotatable bonds is 5. The van der Waals surface area contributed by atoms with Crippen molar-refractivity contribution in [3.63, 3.8) is 0 Å². The third-order valence-electron chi connectivity index (χ3n) is 4.40. The van der Waals surface area contributed by atoms with E-state index in [0.717, 1.165) is 18.0 Å². The first-order valence-corrected chi connectivity index (χ1v) is 8.44. The molecule has 1 aliphatic rings. The summed E-state index contributed by atoms with van der Waals surface area (Å²) in [5.74, 6) is 0. The van der Waals surface area contributed by atoms with E-state index in [0.29, 0.717) is 16.5 Å². The second-order valence-electron chi connectivity index (χ2n) is 6.49. The van der Waals surface area contributed by atoms with E-state index in [9.17, 15) is 0 Å². The molecule has 1 nitrogen and oxygen atoms in total. The Hall–Kier alpha value is -0.240. The van der Waals surface area contributed by atoms with Crippen LogP contribution < -0.4 is 5.32 Å². The Labute approximate surface area is 133 Å². The molecule has 0 saturated heterocycles. The molecule has 0 aliphatic heterocycles. The molecule has 0 radical (unpaired) electrons. The molecule has 112 valence electrons. The van der Waals surface area contributed by atoms with Gasteiger partial charge in [-0.25, -0.2) is 0 Å². The van der Waals surface area contributed by atoms with Crippen molar-refractivity contribution >= 4 is 23.2 Å². The highest BCUT2D eigenvalue weighted by Gasteiger charge is 2.32. The van der Waals surface area contributed by atoms with E-state index in [1.807, 2.05) is 12.1 Å². The normalized spacial score (nSPS) is 18.4. The minimum atomic E-state index is 0.344. The predicted molar refractivity (Wildman–Crippen MR) is 88.8 cm³/mol. The van der Waals surface area contributed by atoms with Gasteiger partial charge in [0.1, 0.15) is 0 Å². The van der Waals surface area contributed by atoms with Crippen molar-refractivity contribution in [3.05, 3.63) is 33.8 Å². The van der Waals surface area contributed by atoms with Crippen LogP contribution in [0.4, 0.5) is 0 Å². The van der Waals surface area contributed by atoms with Gasteiger partial charge < -0.3 is 5.32 Å². The lowest BCUT2D eigenvalue weighted by atomic mass is 9.70. The molecule has 2 rings (SSSR count). The van der Waals surface area contributed by atoms with Crippen molar-refractivity contribution in [1.29, 1.82) is 0 Å². The Morgan fingerprint density at radius 1 is 1.15 bits per heavy atom. The lowest BCUT2D eigenvalue weighted by molar-refractivity contribution is 0.176. The van der Waals surface area contributed by atoms with Crippen LogP contribution in [0.1, 0.15) is 51.5 Å². The van der Waals surface area contributed by atoms with E-state index < -0.39 is 0 Å². The lowest BCUT2D eigenvalue weighted by Gasteiger charge is -2.38. The van der Waals surface area contributed by atoms with E-state index in [1.165, 1.54) is 37.7 Å². The van der Waals surface area contributed by atoms with Crippen molar-refractivity contribution in [2.75, 3.05) is 6.54 Å². The Balaban J connectivity index is 2.16. The van der Waals surface area contributed by atoms with Gasteiger partial charge in [-0.2, -0.15) is 0 Å². The molecular formula is C17H25Cl2N. The topological polar surface area (TPSA) is 12.0 Å². The molecule has 3 heteroatoms. The minimum absolute atomic E-state index is 0.344. The summed E-state index contributed by atoms with van der Waals surface area (Å²) in [7, 11) is 0. The SMILES string of the molecule is CC(C)NCC1(Cc2cccc(Cl)c2Cl)CCCCC1. The Bertz CT molecular complexity index is 437. The minimum Gasteiger partial charge on any atom is -0.314 e. The fourth-order valence-corrected chi connectivity index (χ4v) is 3.61. The second-order valence-corrected chi connectivity index (χ2v) is 7.27. The van der Waals surface area contributed by atoms with Gasteiger partial charge in [-0.05, 0) is 36.3 Å². The van der Waals surface area contributed by atoms with Crippen LogP contribution in [-0.2, 0) is 6.42 Å². The van der Waals surface area contributed by atoms with Crippen LogP contribution in [0.5, 0.6) is 0 Å². The maximum Gasteiger partial charge on any atom is 0.0624 e. The van der Waals surface area contributed by atoms with Gasteiger partial charge in [0.25, 0.3) is 0 Å². The molecule has 1 aliphatic carbocycles. The highest BCUT2D eigenvalue weighted by molar-refractivity contribution is 6.42. The molecule has 1 aromatic rings. The lowest BCUT2D eigenvalue weighted by Crippen LogP contribution is -2.40. The van der Waals surface area contributed by atoms with E-state index in [-0.39, 0.29) is 0 Å². The maximum atomic E-state index is 6.38. The number of nitrogens with one attached hydrogen (secondary N) is 1. The van der Waals surface area contributed by atoms with Gasteiger partial charge in [-0.1, -0.05) is 68.4 Å². The number of hydrogen-bond donors (Lipinski definition) is 1. The summed E-state index contributed by atoms with van der Waals surface area (Å²) in [6.07, 6.45) is 7.64. The highest BCUT2D eigenvalue weighted by Crippen LogP contribution is 2.41. The van der Waals surface area contributed by atoms with Gasteiger partial charge >= 0.3 is 0 Å². The number of halogens is 2. The molecule has 0 bridgehead atoms. The Morgan fingerprint density at radius 3 is 2.50 bits per heavy atom. The monoisotopic (exact) mass is 313 g/mol. The molecule has 0 unspecified atom stereocenters. The second kappa shape index (κ2) is 7.15. The Morgan fingerprint density at radius 2 is 1.85 bits per heavy atom. The summed E-state index contributed by atoms with van der Waals surface area (Å²) in [6, 6.07) is 6.53. The third-order valence-corrected chi connectivity index (χ3v) is 5.25. The summed E-state index contributed by atoms with van der Waals surface area (Å²) in [6.45, 7) is 5.50. The van der Waals surface area contributed by atoms with E-state index >= 15 is 0 Å². The predicted octanol–water partition coefficient (Wildman–Crippen LogP) is 5.48. The molecule has 1 N–H and O–H groups in total. The van der Waals surface area contributed by atoms with Gasteiger partial charge in [-0.3, -0.25) is 0 Å². The fraction of sp³-hybridized carbons (Fsp3) is 0.647. The number of hydrogen-bond acceptors (Lipinski definition) is 1. The molecule has 0 spiro atoms. The van der Waals surface area contributed by atoms with Crippen LogP contribution in [0.2, 0.25) is 10.0 Å². The fourth-order valence-electron chi connectivity index (χ4n) is 3.23. The van der Waals surface area contributed by atoms with Crippen LogP contribution in [0.15, 0.2) is 18.2 Å². The van der Waals surface area contributed by atoms with E-state index in [4.69, 9.17) is 23.2 Å². The standard InChI is InChI=1S/C17H25Cl2N/c1-13(2)20-12-17(9-4-3-5-10-17)11-14-7-6-8-15(18)16(14)19/h6-8,13,20H,3-5,9-12H2,1-2H3. The molecular weight excluding hydrogens is 289 g/mol. The van der Waals surface area contributed by atoms with Gasteiger partial charge in [-0.15, -0.1) is 0 Å². The van der Waals surface area contributed by atoms with E-state index in [2.05, 4.69) is 25.2 Å². The molecule has 1 saturated carbocycles. The van der Waals surface area contributed by atoms with Crippen molar-refractivity contribution in [1.82, 2.24) is 5.32 Å². The zero-order valence-electron chi connectivity index (χ0n) is 12.5. The zero-order valence-corrected chi connectivity index (χ0v) is 14.0. The van der Waals surface area contributed by atoms with Crippen LogP contribution >= 0.6 is 23.2 Å². The van der Waals surface area contributed by atoms with Gasteiger partial charge in [0, 0.05) is 12.6 Å². The summed E-state index contributed by atoms with van der Waals surface area (Å²) in [5, 5.41) is 5.05. The van der Waals surface area contributed by atoms with Crippen molar-refractivity contribution < 1.29 is 0 Å². The van der Waals surface area contributed by atoms with Crippen molar-refractivity contribution in [2.24, 2.45) is 5.41 Å². The smallest absolute Gasteiger partial charge is 0.0624 e. The van der Waals surface area contributed by atoms with Crippen LogP contribution in [0.3, 0.4) is 0 Å². The summed E-state index contributed by atoms with van der Waals surface area (Å²) >= 11 is 12.5. The molecule has 1 aromatic carbocycles. The molecule has 0 atom stereocenters. The molecule has 0 heterocycles. The molecule has 20 heavy (non-hydrogen) atoms. The van der Waals surface area contributed by atoms with Crippen LogP contribution in [0, 0.1) is 5.41 Å². The summed E-state index contributed by atoms with van der Waals surface area (Å²) in [4.78, 5) is 0. The Kier molecular flexibility index (Phi) is 5.77. The average molecular weight is 314 g/mol. The molecule has 1 fully saturated rings. The van der Waals surface area contributed by atoms with Crippen molar-refractivity contribution in [3.8, 4) is 0 Å². The van der Waals surface area contributed by atoms with Crippen LogP contribution in [0.25, 0.3) is 0 Å². The highest BCUT2D eigenvalue weighted by atomic mass is 35.5. The van der Waals surface area contributed by atoms with Gasteiger partial charge in [0.15, 0.2) is 0 Å². The van der Waals surface area contributed by atoms with Crippen molar-refractivity contribution in [2.45, 2.75) is 58.4 Å². The first kappa shape index (κ1) is 16.1.